The first-order valence-electron chi connectivity index (χ1n) is 9.57. The Morgan fingerprint density at radius 2 is 2.14 bits per heavy atom. The third-order valence-corrected chi connectivity index (χ3v) is 5.84. The first-order chi connectivity index (χ1) is 14.1. The highest BCUT2D eigenvalue weighted by molar-refractivity contribution is 7.13. The van der Waals surface area contributed by atoms with Gasteiger partial charge in [0.05, 0.1) is 22.5 Å². The van der Waals surface area contributed by atoms with Crippen LogP contribution < -0.4 is 5.32 Å². The number of carbonyl (C=O) groups is 2. The van der Waals surface area contributed by atoms with Gasteiger partial charge in [-0.1, -0.05) is 29.4 Å². The van der Waals surface area contributed by atoms with Gasteiger partial charge in [-0.25, -0.2) is 0 Å². The quantitative estimate of drug-likeness (QED) is 0.675. The lowest BCUT2D eigenvalue weighted by atomic mass is 10.1. The monoisotopic (exact) mass is 410 g/mol. The van der Waals surface area contributed by atoms with E-state index in [9.17, 15) is 9.59 Å². The van der Waals surface area contributed by atoms with E-state index in [1.807, 2.05) is 42.9 Å². The second-order valence-electron chi connectivity index (χ2n) is 7.14. The molecule has 0 radical (unpaired) electrons. The van der Waals surface area contributed by atoms with Crippen LogP contribution in [-0.4, -0.2) is 39.4 Å². The minimum Gasteiger partial charge on any atom is -0.361 e. The van der Waals surface area contributed by atoms with Crippen LogP contribution in [0.3, 0.4) is 0 Å². The molecule has 2 aromatic heterocycles. The maximum atomic E-state index is 12.7. The number of carbonyl (C=O) groups excluding carboxylic acids is 2. The van der Waals surface area contributed by atoms with E-state index in [1.165, 1.54) is 0 Å². The van der Waals surface area contributed by atoms with Crippen molar-refractivity contribution in [3.8, 4) is 10.4 Å². The van der Waals surface area contributed by atoms with Crippen LogP contribution in [0.4, 0.5) is 0 Å². The zero-order chi connectivity index (χ0) is 20.2. The number of nitrogens with zero attached hydrogens (tertiary/aromatic N) is 3. The molecular weight excluding hydrogens is 388 g/mol. The second kappa shape index (κ2) is 8.57. The van der Waals surface area contributed by atoms with Gasteiger partial charge in [0.1, 0.15) is 11.8 Å². The predicted molar refractivity (Wildman–Crippen MR) is 109 cm³/mol. The molecule has 8 heteroatoms. The van der Waals surface area contributed by atoms with E-state index in [4.69, 9.17) is 4.52 Å². The molecule has 3 heterocycles. The van der Waals surface area contributed by atoms with E-state index in [0.717, 1.165) is 28.1 Å². The van der Waals surface area contributed by atoms with Gasteiger partial charge in [0.15, 0.2) is 0 Å². The summed E-state index contributed by atoms with van der Waals surface area (Å²) in [5.74, 6) is 0.309. The minimum absolute atomic E-state index is 0.104. The van der Waals surface area contributed by atoms with Gasteiger partial charge in [-0.05, 0) is 30.9 Å². The van der Waals surface area contributed by atoms with Gasteiger partial charge in [-0.3, -0.25) is 14.6 Å². The second-order valence-corrected chi connectivity index (χ2v) is 8.02. The fourth-order valence-electron chi connectivity index (χ4n) is 3.54. The van der Waals surface area contributed by atoms with Crippen molar-refractivity contribution in [3.05, 3.63) is 59.1 Å². The average Bonchev–Trinajstić information content (AvgIpc) is 3.48. The number of rotatable bonds is 6. The Bertz CT molecular complexity index is 982. The number of benzene rings is 1. The summed E-state index contributed by atoms with van der Waals surface area (Å²) >= 11 is 1.59. The molecule has 1 aromatic carbocycles. The first kappa shape index (κ1) is 19.3. The summed E-state index contributed by atoms with van der Waals surface area (Å²) in [6, 6.07) is 9.37. The number of aryl methyl sites for hydroxylation is 1. The maximum Gasteiger partial charge on any atom is 0.243 e. The zero-order valence-corrected chi connectivity index (χ0v) is 16.9. The summed E-state index contributed by atoms with van der Waals surface area (Å²) in [4.78, 5) is 32.2. The summed E-state index contributed by atoms with van der Waals surface area (Å²) in [5.41, 5.74) is 4.67. The van der Waals surface area contributed by atoms with Crippen molar-refractivity contribution in [2.75, 3.05) is 6.54 Å². The van der Waals surface area contributed by atoms with Crippen molar-refractivity contribution in [2.24, 2.45) is 0 Å². The molecule has 150 valence electrons. The van der Waals surface area contributed by atoms with E-state index < -0.39 is 6.04 Å². The molecule has 0 aliphatic carbocycles. The Morgan fingerprint density at radius 3 is 2.83 bits per heavy atom. The molecule has 0 bridgehead atoms. The third kappa shape index (κ3) is 4.54. The van der Waals surface area contributed by atoms with Crippen LogP contribution in [0.25, 0.3) is 10.4 Å². The number of likely N-dealkylation sites (tertiary alicyclic amines) is 1. The van der Waals surface area contributed by atoms with Crippen molar-refractivity contribution in [1.82, 2.24) is 20.4 Å². The smallest absolute Gasteiger partial charge is 0.243 e. The van der Waals surface area contributed by atoms with E-state index in [0.29, 0.717) is 25.3 Å². The van der Waals surface area contributed by atoms with Crippen LogP contribution in [0.2, 0.25) is 0 Å². The van der Waals surface area contributed by atoms with Crippen molar-refractivity contribution in [3.63, 3.8) is 0 Å². The normalized spacial score (nSPS) is 16.2. The van der Waals surface area contributed by atoms with Crippen LogP contribution in [0.5, 0.6) is 0 Å². The summed E-state index contributed by atoms with van der Waals surface area (Å²) in [6.07, 6.45) is 3.47. The highest BCUT2D eigenvalue weighted by Gasteiger charge is 2.34. The van der Waals surface area contributed by atoms with Gasteiger partial charge in [0, 0.05) is 25.4 Å². The lowest BCUT2D eigenvalue weighted by Gasteiger charge is -2.23. The molecule has 1 N–H and O–H groups in total. The molecular formula is C21H22N4O3S. The molecule has 1 aliphatic heterocycles. The van der Waals surface area contributed by atoms with Crippen LogP contribution in [0.15, 0.2) is 46.6 Å². The van der Waals surface area contributed by atoms with E-state index in [2.05, 4.69) is 15.5 Å². The van der Waals surface area contributed by atoms with Gasteiger partial charge < -0.3 is 14.7 Å². The zero-order valence-electron chi connectivity index (χ0n) is 16.1. The molecule has 7 nitrogen and oxygen atoms in total. The van der Waals surface area contributed by atoms with Crippen molar-refractivity contribution >= 4 is 23.2 Å². The number of hydrogen-bond acceptors (Lipinski definition) is 6. The van der Waals surface area contributed by atoms with Gasteiger partial charge in [0.2, 0.25) is 11.8 Å². The summed E-state index contributed by atoms with van der Waals surface area (Å²) in [6.45, 7) is 2.84. The Labute approximate surface area is 172 Å². The molecule has 0 saturated carbocycles. The molecule has 1 fully saturated rings. The Balaban J connectivity index is 1.33. The highest BCUT2D eigenvalue weighted by Crippen LogP contribution is 2.23. The number of aromatic nitrogens is 2. The fourth-order valence-corrected chi connectivity index (χ4v) is 4.17. The lowest BCUT2D eigenvalue weighted by molar-refractivity contribution is -0.138. The molecule has 1 atom stereocenters. The highest BCUT2D eigenvalue weighted by atomic mass is 32.1. The average molecular weight is 410 g/mol. The summed E-state index contributed by atoms with van der Waals surface area (Å²) in [5, 5.41) is 6.78. The molecule has 2 amide bonds. The van der Waals surface area contributed by atoms with Crippen molar-refractivity contribution < 1.29 is 14.1 Å². The molecule has 1 saturated heterocycles. The molecule has 1 aliphatic rings. The largest absolute Gasteiger partial charge is 0.361 e. The fraction of sp³-hybridized carbons (Fsp3) is 0.333. The van der Waals surface area contributed by atoms with E-state index in [-0.39, 0.29) is 18.2 Å². The van der Waals surface area contributed by atoms with Crippen molar-refractivity contribution in [2.45, 2.75) is 38.8 Å². The molecule has 4 rings (SSSR count). The van der Waals surface area contributed by atoms with Gasteiger partial charge in [-0.15, -0.1) is 11.3 Å². The molecule has 0 unspecified atom stereocenters. The van der Waals surface area contributed by atoms with Crippen LogP contribution >= 0.6 is 11.3 Å². The maximum absolute atomic E-state index is 12.7. The van der Waals surface area contributed by atoms with Crippen LogP contribution in [-0.2, 0) is 22.6 Å². The third-order valence-electron chi connectivity index (χ3n) is 5.02. The first-order valence-corrected chi connectivity index (χ1v) is 10.5. The number of hydrogen-bond donors (Lipinski definition) is 1. The standard InChI is InChI=1S/C21H22N4O3S/c1-14-9-17(28-24-14)10-20(26)25-8-2-3-18(25)21(27)23-11-15-4-6-16(7-5-15)19-12-22-13-29-19/h4-7,9,12-13,18H,2-3,8,10-11H2,1H3,(H,23,27)/t18-/m0/s1. The molecule has 29 heavy (non-hydrogen) atoms. The minimum atomic E-state index is -0.428. The Hall–Kier alpha value is -3.00. The summed E-state index contributed by atoms with van der Waals surface area (Å²) in [7, 11) is 0. The number of thiazole rings is 1. The van der Waals surface area contributed by atoms with Gasteiger partial charge >= 0.3 is 0 Å². The SMILES string of the molecule is Cc1cc(CC(=O)N2CCC[C@H]2C(=O)NCc2ccc(-c3cncs3)cc2)on1. The van der Waals surface area contributed by atoms with Gasteiger partial charge in [0.25, 0.3) is 0 Å². The molecule has 0 spiro atoms. The Morgan fingerprint density at radius 1 is 1.31 bits per heavy atom. The predicted octanol–water partition coefficient (Wildman–Crippen LogP) is 2.96. The van der Waals surface area contributed by atoms with Gasteiger partial charge in [-0.2, -0.15) is 0 Å². The molecule has 3 aromatic rings. The topological polar surface area (TPSA) is 88.3 Å². The van der Waals surface area contributed by atoms with Crippen LogP contribution in [0, 0.1) is 6.92 Å². The summed E-state index contributed by atoms with van der Waals surface area (Å²) < 4.78 is 5.13. The van der Waals surface area contributed by atoms with E-state index >= 15 is 0 Å². The lowest BCUT2D eigenvalue weighted by Crippen LogP contribution is -2.46. The Kier molecular flexibility index (Phi) is 5.71. The van der Waals surface area contributed by atoms with Crippen molar-refractivity contribution in [1.29, 1.82) is 0 Å². The number of amides is 2. The van der Waals surface area contributed by atoms with Crippen LogP contribution in [0.1, 0.15) is 29.9 Å². The van der Waals surface area contributed by atoms with E-state index in [1.54, 1.807) is 22.3 Å². The number of nitrogens with one attached hydrogen (secondary N) is 1.